The van der Waals surface area contributed by atoms with Gasteiger partial charge in [0, 0.05) is 11.8 Å². The second kappa shape index (κ2) is 4.12. The van der Waals surface area contributed by atoms with E-state index in [1.807, 2.05) is 18.2 Å². The van der Waals surface area contributed by atoms with Gasteiger partial charge in [-0.1, -0.05) is 29.8 Å². The molecular formula is C12H7ClN2. The van der Waals surface area contributed by atoms with Crippen LogP contribution in [0, 0.1) is 11.3 Å². The Morgan fingerprint density at radius 3 is 2.67 bits per heavy atom. The quantitative estimate of drug-likeness (QED) is 0.731. The minimum atomic E-state index is 0.533. The van der Waals surface area contributed by atoms with Gasteiger partial charge in [-0.05, 0) is 18.2 Å². The molecule has 15 heavy (non-hydrogen) atoms. The van der Waals surface area contributed by atoms with E-state index in [-0.39, 0.29) is 0 Å². The van der Waals surface area contributed by atoms with Crippen molar-refractivity contribution in [1.29, 1.82) is 5.26 Å². The molecule has 2 aromatic rings. The summed E-state index contributed by atoms with van der Waals surface area (Å²) >= 11 is 6.04. The Labute approximate surface area is 92.8 Å². The van der Waals surface area contributed by atoms with E-state index in [0.717, 1.165) is 5.56 Å². The van der Waals surface area contributed by atoms with Crippen molar-refractivity contribution in [3.63, 3.8) is 0 Å². The molecule has 0 N–H and O–H groups in total. The van der Waals surface area contributed by atoms with Crippen molar-refractivity contribution < 1.29 is 0 Å². The molecule has 0 radical (unpaired) electrons. The number of benzene rings is 1. The summed E-state index contributed by atoms with van der Waals surface area (Å²) in [6.07, 6.45) is 1.65. The maximum absolute atomic E-state index is 8.94. The minimum absolute atomic E-state index is 0.533. The van der Waals surface area contributed by atoms with E-state index < -0.39 is 0 Å². The highest BCUT2D eigenvalue weighted by atomic mass is 35.5. The summed E-state index contributed by atoms with van der Waals surface area (Å²) in [7, 11) is 0. The lowest BCUT2D eigenvalue weighted by molar-refractivity contribution is 1.30. The number of hydrogen-bond acceptors (Lipinski definition) is 2. The molecule has 0 bridgehead atoms. The molecule has 0 aliphatic heterocycles. The molecule has 1 heterocycles. The molecule has 0 saturated carbocycles. The molecule has 0 atom stereocenters. The van der Waals surface area contributed by atoms with Gasteiger partial charge in [0.15, 0.2) is 0 Å². The van der Waals surface area contributed by atoms with E-state index in [4.69, 9.17) is 16.9 Å². The topological polar surface area (TPSA) is 36.7 Å². The van der Waals surface area contributed by atoms with E-state index in [9.17, 15) is 0 Å². The Hall–Kier alpha value is -1.85. The summed E-state index contributed by atoms with van der Waals surface area (Å²) in [5, 5.41) is 9.54. The molecule has 0 amide bonds. The second-order valence-corrected chi connectivity index (χ2v) is 3.40. The van der Waals surface area contributed by atoms with Crippen molar-refractivity contribution in [1.82, 2.24) is 4.98 Å². The zero-order chi connectivity index (χ0) is 10.7. The first kappa shape index (κ1) is 9.70. The van der Waals surface area contributed by atoms with Gasteiger partial charge in [0.05, 0.1) is 16.3 Å². The fourth-order valence-electron chi connectivity index (χ4n) is 1.36. The van der Waals surface area contributed by atoms with Crippen molar-refractivity contribution in [3.05, 3.63) is 53.2 Å². The van der Waals surface area contributed by atoms with E-state index in [2.05, 4.69) is 11.1 Å². The van der Waals surface area contributed by atoms with Gasteiger partial charge in [0.25, 0.3) is 0 Å². The largest absolute Gasteiger partial charge is 0.255 e. The van der Waals surface area contributed by atoms with Crippen LogP contribution in [0.15, 0.2) is 42.6 Å². The zero-order valence-corrected chi connectivity index (χ0v) is 8.57. The number of pyridine rings is 1. The highest BCUT2D eigenvalue weighted by molar-refractivity contribution is 6.33. The average molecular weight is 215 g/mol. The number of halogens is 1. The SMILES string of the molecule is N#Cc1cccnc1-c1ccccc1Cl. The summed E-state index contributed by atoms with van der Waals surface area (Å²) in [4.78, 5) is 4.17. The average Bonchev–Trinajstić information content (AvgIpc) is 2.30. The molecular weight excluding hydrogens is 208 g/mol. The molecule has 0 unspecified atom stereocenters. The van der Waals surface area contributed by atoms with Crippen LogP contribution in [0.1, 0.15) is 5.56 Å². The van der Waals surface area contributed by atoms with E-state index in [1.54, 1.807) is 24.4 Å². The van der Waals surface area contributed by atoms with E-state index in [1.165, 1.54) is 0 Å². The first-order chi connectivity index (χ1) is 7.33. The second-order valence-electron chi connectivity index (χ2n) is 2.99. The molecule has 2 rings (SSSR count). The molecule has 1 aromatic heterocycles. The maximum Gasteiger partial charge on any atom is 0.101 e. The normalized spacial score (nSPS) is 9.60. The number of nitriles is 1. The van der Waals surface area contributed by atoms with Gasteiger partial charge in [-0.3, -0.25) is 4.98 Å². The van der Waals surface area contributed by atoms with Crippen molar-refractivity contribution >= 4 is 11.6 Å². The summed E-state index contributed by atoms with van der Waals surface area (Å²) in [5.74, 6) is 0. The van der Waals surface area contributed by atoms with Crippen molar-refractivity contribution in [2.45, 2.75) is 0 Å². The van der Waals surface area contributed by atoms with Crippen LogP contribution in [0.5, 0.6) is 0 Å². The van der Waals surface area contributed by atoms with Gasteiger partial charge >= 0.3 is 0 Å². The molecule has 1 aromatic carbocycles. The first-order valence-corrected chi connectivity index (χ1v) is 4.81. The molecule has 3 heteroatoms. The lowest BCUT2D eigenvalue weighted by atomic mass is 10.1. The summed E-state index contributed by atoms with van der Waals surface area (Å²) in [6, 6.07) is 12.9. The predicted octanol–water partition coefficient (Wildman–Crippen LogP) is 3.27. The lowest BCUT2D eigenvalue weighted by Gasteiger charge is -2.04. The molecule has 0 fully saturated rings. The maximum atomic E-state index is 8.94. The molecule has 72 valence electrons. The van der Waals surface area contributed by atoms with Gasteiger partial charge in [-0.25, -0.2) is 0 Å². The minimum Gasteiger partial charge on any atom is -0.255 e. The summed E-state index contributed by atoms with van der Waals surface area (Å²) < 4.78 is 0. The third kappa shape index (κ3) is 1.83. The fraction of sp³-hybridized carbons (Fsp3) is 0. The standard InChI is InChI=1S/C12H7ClN2/c13-11-6-2-1-5-10(11)12-9(8-14)4-3-7-15-12/h1-7H. The van der Waals surface area contributed by atoms with Gasteiger partial charge in [-0.2, -0.15) is 5.26 Å². The van der Waals surface area contributed by atoms with Crippen LogP contribution in [0.25, 0.3) is 11.3 Å². The monoisotopic (exact) mass is 214 g/mol. The first-order valence-electron chi connectivity index (χ1n) is 4.43. The Kier molecular flexibility index (Phi) is 2.66. The van der Waals surface area contributed by atoms with Gasteiger partial charge < -0.3 is 0 Å². The summed E-state index contributed by atoms with van der Waals surface area (Å²) in [6.45, 7) is 0. The van der Waals surface area contributed by atoms with Crippen molar-refractivity contribution in [3.8, 4) is 17.3 Å². The van der Waals surface area contributed by atoms with Crippen LogP contribution < -0.4 is 0 Å². The van der Waals surface area contributed by atoms with Crippen LogP contribution in [-0.2, 0) is 0 Å². The van der Waals surface area contributed by atoms with E-state index >= 15 is 0 Å². The number of hydrogen-bond donors (Lipinski definition) is 0. The summed E-state index contributed by atoms with van der Waals surface area (Å²) in [5.41, 5.74) is 1.95. The van der Waals surface area contributed by atoms with Crippen LogP contribution in [-0.4, -0.2) is 4.98 Å². The molecule has 0 saturated heterocycles. The van der Waals surface area contributed by atoms with Crippen LogP contribution in [0.3, 0.4) is 0 Å². The van der Waals surface area contributed by atoms with Gasteiger partial charge in [0.2, 0.25) is 0 Å². The Morgan fingerprint density at radius 1 is 1.13 bits per heavy atom. The van der Waals surface area contributed by atoms with Gasteiger partial charge in [0.1, 0.15) is 6.07 Å². The third-order valence-corrected chi connectivity index (χ3v) is 2.39. The van der Waals surface area contributed by atoms with Crippen molar-refractivity contribution in [2.24, 2.45) is 0 Å². The van der Waals surface area contributed by atoms with Crippen LogP contribution in [0.2, 0.25) is 5.02 Å². The Balaban J connectivity index is 2.65. The van der Waals surface area contributed by atoms with Gasteiger partial charge in [-0.15, -0.1) is 0 Å². The third-order valence-electron chi connectivity index (χ3n) is 2.06. The Bertz CT molecular complexity index is 529. The van der Waals surface area contributed by atoms with Crippen LogP contribution in [0.4, 0.5) is 0 Å². The Morgan fingerprint density at radius 2 is 1.93 bits per heavy atom. The van der Waals surface area contributed by atoms with Crippen LogP contribution >= 0.6 is 11.6 Å². The smallest absolute Gasteiger partial charge is 0.101 e. The fourth-order valence-corrected chi connectivity index (χ4v) is 1.59. The van der Waals surface area contributed by atoms with E-state index in [0.29, 0.717) is 16.3 Å². The number of nitrogens with zero attached hydrogens (tertiary/aromatic N) is 2. The number of rotatable bonds is 1. The molecule has 0 spiro atoms. The highest BCUT2D eigenvalue weighted by Crippen LogP contribution is 2.27. The zero-order valence-electron chi connectivity index (χ0n) is 7.81. The molecule has 0 aliphatic carbocycles. The lowest BCUT2D eigenvalue weighted by Crippen LogP contribution is -1.88. The predicted molar refractivity (Wildman–Crippen MR) is 59.4 cm³/mol. The number of aromatic nitrogens is 1. The highest BCUT2D eigenvalue weighted by Gasteiger charge is 2.08. The molecule has 0 aliphatic rings. The molecule has 2 nitrogen and oxygen atoms in total. The van der Waals surface area contributed by atoms with Crippen molar-refractivity contribution in [2.75, 3.05) is 0 Å².